The minimum Gasteiger partial charge on any atom is -0.492 e. The number of ether oxygens (including phenoxy) is 2. The number of carbonyl (C=O) groups excluding carboxylic acids is 1. The van der Waals surface area contributed by atoms with Crippen LogP contribution in [0.5, 0.6) is 11.5 Å². The predicted molar refractivity (Wildman–Crippen MR) is 165 cm³/mol. The van der Waals surface area contributed by atoms with Gasteiger partial charge in [0.1, 0.15) is 23.9 Å². The lowest BCUT2D eigenvalue weighted by atomic mass is 10.1. The number of hydrogen-bond donors (Lipinski definition) is 1. The molecule has 0 fully saturated rings. The molecule has 0 radical (unpaired) electrons. The number of aryl methyl sites for hydroxylation is 4. The molecule has 0 saturated heterocycles. The highest BCUT2D eigenvalue weighted by Crippen LogP contribution is 2.27. The highest BCUT2D eigenvalue weighted by molar-refractivity contribution is 5.88. The van der Waals surface area contributed by atoms with E-state index in [4.69, 9.17) is 9.47 Å². The molecule has 1 aromatic heterocycles. The van der Waals surface area contributed by atoms with Gasteiger partial charge < -0.3 is 19.7 Å². The molecule has 3 aromatic carbocycles. The fraction of sp³-hybridized carbons (Fsp3) is 0.303. The molecule has 214 valence electrons. The second-order valence-corrected chi connectivity index (χ2v) is 10.4. The second-order valence-electron chi connectivity index (χ2n) is 10.4. The van der Waals surface area contributed by atoms with Crippen molar-refractivity contribution in [1.29, 1.82) is 0 Å². The maximum Gasteiger partial charge on any atom is 0.420 e. The Labute approximate surface area is 243 Å². The highest BCUT2D eigenvalue weighted by atomic mass is 16.6. The van der Waals surface area contributed by atoms with Crippen molar-refractivity contribution < 1.29 is 14.3 Å². The zero-order chi connectivity index (χ0) is 29.2. The van der Waals surface area contributed by atoms with Gasteiger partial charge in [-0.1, -0.05) is 48.0 Å². The summed E-state index contributed by atoms with van der Waals surface area (Å²) >= 11 is 0. The summed E-state index contributed by atoms with van der Waals surface area (Å²) in [7, 11) is 4.03. The van der Waals surface area contributed by atoms with E-state index in [-0.39, 0.29) is 0 Å². The van der Waals surface area contributed by atoms with Crippen molar-refractivity contribution in [2.24, 2.45) is 0 Å². The Morgan fingerprint density at radius 3 is 2.29 bits per heavy atom. The van der Waals surface area contributed by atoms with Gasteiger partial charge in [0, 0.05) is 25.0 Å². The van der Waals surface area contributed by atoms with Gasteiger partial charge in [0.2, 0.25) is 5.95 Å². The Balaban J connectivity index is 1.50. The van der Waals surface area contributed by atoms with Crippen LogP contribution in [0.2, 0.25) is 0 Å². The molecule has 41 heavy (non-hydrogen) atoms. The van der Waals surface area contributed by atoms with Gasteiger partial charge in [0.15, 0.2) is 0 Å². The standard InChI is InChI=1S/C33H39N5O3/c1-24-22-25(2)31(26(3)23-24)41-33(39)38(19-9-12-27-10-7-6-8-11-27)30-17-18-34-32(36-30)35-28-13-15-29(16-14-28)40-21-20-37(4)5/h6-8,10-11,13-18,22-23H,9,12,19-21H2,1-5H3,(H,34,35,36). The van der Waals surface area contributed by atoms with Gasteiger partial charge in [-0.3, -0.25) is 4.90 Å². The number of nitrogens with one attached hydrogen (secondary N) is 1. The van der Waals surface area contributed by atoms with Crippen LogP contribution < -0.4 is 19.7 Å². The Hall–Kier alpha value is -4.43. The minimum absolute atomic E-state index is 0.382. The molecule has 0 aliphatic heterocycles. The number of anilines is 3. The largest absolute Gasteiger partial charge is 0.492 e. The Bertz CT molecular complexity index is 1400. The fourth-order valence-electron chi connectivity index (χ4n) is 4.52. The number of amides is 1. The van der Waals surface area contributed by atoms with Crippen molar-refractivity contribution in [1.82, 2.24) is 14.9 Å². The van der Waals surface area contributed by atoms with E-state index >= 15 is 0 Å². The Kier molecular flexibility index (Phi) is 10.3. The summed E-state index contributed by atoms with van der Waals surface area (Å²) in [5.74, 6) is 2.22. The number of carbonyl (C=O) groups is 1. The lowest BCUT2D eigenvalue weighted by molar-refractivity contribution is 0.206. The van der Waals surface area contributed by atoms with Crippen LogP contribution in [0.25, 0.3) is 0 Å². The average Bonchev–Trinajstić information content (AvgIpc) is 2.94. The molecule has 0 bridgehead atoms. The maximum absolute atomic E-state index is 13.6. The van der Waals surface area contributed by atoms with Gasteiger partial charge in [-0.2, -0.15) is 4.98 Å². The normalized spacial score (nSPS) is 10.9. The van der Waals surface area contributed by atoms with E-state index in [9.17, 15) is 4.79 Å². The number of hydrogen-bond acceptors (Lipinski definition) is 7. The topological polar surface area (TPSA) is 79.8 Å². The molecule has 4 rings (SSSR count). The van der Waals surface area contributed by atoms with Crippen molar-refractivity contribution in [2.45, 2.75) is 33.6 Å². The summed E-state index contributed by atoms with van der Waals surface area (Å²) < 4.78 is 11.7. The molecule has 0 aliphatic rings. The monoisotopic (exact) mass is 553 g/mol. The number of aromatic nitrogens is 2. The molecule has 0 spiro atoms. The molecule has 8 heteroatoms. The van der Waals surface area contributed by atoms with E-state index in [1.165, 1.54) is 5.56 Å². The minimum atomic E-state index is -0.475. The predicted octanol–water partition coefficient (Wildman–Crippen LogP) is 6.72. The zero-order valence-corrected chi connectivity index (χ0v) is 24.6. The molecular weight excluding hydrogens is 514 g/mol. The summed E-state index contributed by atoms with van der Waals surface area (Å²) in [5.41, 5.74) is 4.98. The van der Waals surface area contributed by atoms with Crippen LogP contribution in [0.4, 0.5) is 22.2 Å². The third kappa shape index (κ3) is 8.78. The van der Waals surface area contributed by atoms with E-state index in [1.807, 2.05) is 89.5 Å². The zero-order valence-electron chi connectivity index (χ0n) is 24.6. The fourth-order valence-corrected chi connectivity index (χ4v) is 4.52. The van der Waals surface area contributed by atoms with Gasteiger partial charge >= 0.3 is 6.09 Å². The third-order valence-electron chi connectivity index (χ3n) is 6.54. The molecule has 4 aromatic rings. The van der Waals surface area contributed by atoms with E-state index in [1.54, 1.807) is 17.2 Å². The molecule has 1 N–H and O–H groups in total. The molecule has 1 amide bonds. The number of nitrogens with zero attached hydrogens (tertiary/aromatic N) is 4. The van der Waals surface area contributed by atoms with Crippen molar-refractivity contribution in [3.63, 3.8) is 0 Å². The van der Waals surface area contributed by atoms with Crippen molar-refractivity contribution >= 4 is 23.5 Å². The Morgan fingerprint density at radius 1 is 0.902 bits per heavy atom. The van der Waals surface area contributed by atoms with Crippen LogP contribution >= 0.6 is 0 Å². The molecule has 0 atom stereocenters. The summed E-state index contributed by atoms with van der Waals surface area (Å²) in [6.07, 6.45) is 2.74. The molecular formula is C33H39N5O3. The lowest BCUT2D eigenvalue weighted by Crippen LogP contribution is -2.35. The van der Waals surface area contributed by atoms with E-state index < -0.39 is 6.09 Å². The first-order chi connectivity index (χ1) is 19.8. The third-order valence-corrected chi connectivity index (χ3v) is 6.54. The van der Waals surface area contributed by atoms with E-state index in [0.717, 1.165) is 47.5 Å². The number of benzene rings is 3. The van der Waals surface area contributed by atoms with Crippen molar-refractivity contribution in [3.05, 3.63) is 101 Å². The summed E-state index contributed by atoms with van der Waals surface area (Å²) in [5, 5.41) is 3.23. The first-order valence-electron chi connectivity index (χ1n) is 13.9. The van der Waals surface area contributed by atoms with Gasteiger partial charge in [0.05, 0.1) is 0 Å². The smallest absolute Gasteiger partial charge is 0.420 e. The average molecular weight is 554 g/mol. The van der Waals surface area contributed by atoms with Gasteiger partial charge in [-0.15, -0.1) is 0 Å². The SMILES string of the molecule is Cc1cc(C)c(OC(=O)N(CCCc2ccccc2)c2ccnc(Nc3ccc(OCCN(C)C)cc3)n2)c(C)c1. The van der Waals surface area contributed by atoms with E-state index in [0.29, 0.717) is 30.7 Å². The molecule has 8 nitrogen and oxygen atoms in total. The second kappa shape index (κ2) is 14.3. The van der Waals surface area contributed by atoms with Crippen molar-refractivity contribution in [2.75, 3.05) is 44.0 Å². The van der Waals surface area contributed by atoms with Gasteiger partial charge in [-0.25, -0.2) is 9.78 Å². The quantitative estimate of drug-likeness (QED) is 0.208. The van der Waals surface area contributed by atoms with E-state index in [2.05, 4.69) is 32.3 Å². The Morgan fingerprint density at radius 2 is 1.61 bits per heavy atom. The maximum atomic E-state index is 13.6. The first kappa shape index (κ1) is 29.6. The molecule has 0 aliphatic carbocycles. The van der Waals surface area contributed by atoms with Crippen LogP contribution in [-0.2, 0) is 6.42 Å². The number of likely N-dealkylation sites (N-methyl/N-ethyl adjacent to an activating group) is 1. The van der Waals surface area contributed by atoms with Crippen LogP contribution in [0.15, 0.2) is 79.0 Å². The summed E-state index contributed by atoms with van der Waals surface area (Å²) in [6.45, 7) is 7.83. The highest BCUT2D eigenvalue weighted by Gasteiger charge is 2.22. The number of rotatable bonds is 12. The van der Waals surface area contributed by atoms with Gasteiger partial charge in [-0.05, 0) is 94.7 Å². The van der Waals surface area contributed by atoms with Crippen LogP contribution in [0.1, 0.15) is 28.7 Å². The lowest BCUT2D eigenvalue weighted by Gasteiger charge is -2.23. The molecule has 0 saturated carbocycles. The van der Waals surface area contributed by atoms with Crippen LogP contribution in [-0.4, -0.2) is 54.8 Å². The molecule has 0 unspecified atom stereocenters. The van der Waals surface area contributed by atoms with Crippen LogP contribution in [0.3, 0.4) is 0 Å². The van der Waals surface area contributed by atoms with Crippen LogP contribution in [0, 0.1) is 20.8 Å². The summed E-state index contributed by atoms with van der Waals surface area (Å²) in [4.78, 5) is 26.3. The first-order valence-corrected chi connectivity index (χ1v) is 13.9. The molecule has 1 heterocycles. The van der Waals surface area contributed by atoms with Crippen molar-refractivity contribution in [3.8, 4) is 11.5 Å². The van der Waals surface area contributed by atoms with Gasteiger partial charge in [0.25, 0.3) is 0 Å². The summed E-state index contributed by atoms with van der Waals surface area (Å²) in [6, 6.07) is 23.6.